The lowest BCUT2D eigenvalue weighted by Crippen LogP contribution is -2.43. The molecule has 0 radical (unpaired) electrons. The van der Waals surface area contributed by atoms with Crippen LogP contribution in [0.2, 0.25) is 0 Å². The van der Waals surface area contributed by atoms with Crippen molar-refractivity contribution in [2.75, 3.05) is 19.8 Å². The number of carbonyl (C=O) groups excluding carboxylic acids is 2. The van der Waals surface area contributed by atoms with E-state index in [-0.39, 0.29) is 12.7 Å². The van der Waals surface area contributed by atoms with Crippen LogP contribution >= 0.6 is 15.9 Å². The second-order valence-electron chi connectivity index (χ2n) is 6.70. The van der Waals surface area contributed by atoms with Crippen LogP contribution in [0.1, 0.15) is 28.8 Å². The topological polar surface area (TPSA) is 85.9 Å². The van der Waals surface area contributed by atoms with Gasteiger partial charge in [-0.25, -0.2) is 0 Å². The van der Waals surface area contributed by atoms with Crippen LogP contribution in [-0.2, 0) is 9.53 Å². The summed E-state index contributed by atoms with van der Waals surface area (Å²) in [5, 5.41) is 0. The zero-order valence-corrected chi connectivity index (χ0v) is 17.7. The smallest absolute Gasteiger partial charge is 0.276 e. The number of benzene rings is 2. The first-order chi connectivity index (χ1) is 14.0. The molecule has 2 amide bonds. The highest BCUT2D eigenvalue weighted by Crippen LogP contribution is 2.25. The number of hydrogen-bond donors (Lipinski definition) is 2. The van der Waals surface area contributed by atoms with Crippen molar-refractivity contribution in [3.63, 3.8) is 0 Å². The zero-order chi connectivity index (χ0) is 20.6. The molecule has 1 heterocycles. The lowest BCUT2D eigenvalue weighted by atomic mass is 10.2. The van der Waals surface area contributed by atoms with Crippen molar-refractivity contribution in [1.82, 2.24) is 10.9 Å². The van der Waals surface area contributed by atoms with Crippen LogP contribution in [0.15, 0.2) is 46.9 Å². The molecule has 3 rings (SSSR count). The molecule has 29 heavy (non-hydrogen) atoms. The number of hydrazine groups is 1. The van der Waals surface area contributed by atoms with Gasteiger partial charge in [0.05, 0.1) is 10.6 Å². The minimum Gasteiger partial charge on any atom is -0.491 e. The molecule has 0 saturated carbocycles. The number of nitrogens with one attached hydrogen (secondary N) is 2. The third-order valence-corrected chi connectivity index (χ3v) is 4.96. The van der Waals surface area contributed by atoms with Gasteiger partial charge in [0.2, 0.25) is 0 Å². The van der Waals surface area contributed by atoms with Gasteiger partial charge in [-0.3, -0.25) is 20.4 Å². The van der Waals surface area contributed by atoms with Crippen molar-refractivity contribution in [2.45, 2.75) is 25.9 Å². The highest BCUT2D eigenvalue weighted by Gasteiger charge is 2.16. The second-order valence-corrected chi connectivity index (χ2v) is 7.55. The van der Waals surface area contributed by atoms with Crippen molar-refractivity contribution in [3.8, 4) is 11.5 Å². The number of carbonyl (C=O) groups is 2. The highest BCUT2D eigenvalue weighted by molar-refractivity contribution is 9.10. The van der Waals surface area contributed by atoms with Crippen LogP contribution in [0.4, 0.5) is 0 Å². The first-order valence-electron chi connectivity index (χ1n) is 9.34. The third-order valence-electron chi connectivity index (χ3n) is 4.34. The van der Waals surface area contributed by atoms with Crippen LogP contribution in [0.5, 0.6) is 11.5 Å². The molecule has 1 fully saturated rings. The summed E-state index contributed by atoms with van der Waals surface area (Å²) in [7, 11) is 0. The van der Waals surface area contributed by atoms with Gasteiger partial charge in [0.15, 0.2) is 6.61 Å². The van der Waals surface area contributed by atoms with Crippen molar-refractivity contribution in [2.24, 2.45) is 0 Å². The third kappa shape index (κ3) is 6.47. The van der Waals surface area contributed by atoms with Crippen LogP contribution in [0.25, 0.3) is 0 Å². The number of halogens is 1. The van der Waals surface area contributed by atoms with Crippen LogP contribution in [-0.4, -0.2) is 37.7 Å². The Morgan fingerprint density at radius 2 is 1.93 bits per heavy atom. The molecule has 154 valence electrons. The summed E-state index contributed by atoms with van der Waals surface area (Å²) in [5.74, 6) is 0.316. The molecule has 0 aromatic heterocycles. The van der Waals surface area contributed by atoms with Crippen molar-refractivity contribution in [3.05, 3.63) is 58.1 Å². The van der Waals surface area contributed by atoms with Gasteiger partial charge >= 0.3 is 0 Å². The van der Waals surface area contributed by atoms with Gasteiger partial charge in [-0.2, -0.15) is 0 Å². The lowest BCUT2D eigenvalue weighted by molar-refractivity contribution is -0.123. The quantitative estimate of drug-likeness (QED) is 0.617. The minimum atomic E-state index is -0.470. The minimum absolute atomic E-state index is 0.135. The molecule has 1 aliphatic rings. The Bertz CT molecular complexity index is 851. The molecule has 0 bridgehead atoms. The van der Waals surface area contributed by atoms with Gasteiger partial charge in [0, 0.05) is 12.2 Å². The Balaban J connectivity index is 1.40. The van der Waals surface area contributed by atoms with Crippen LogP contribution in [0, 0.1) is 6.92 Å². The molecular formula is C21H23BrN2O5. The van der Waals surface area contributed by atoms with E-state index >= 15 is 0 Å². The summed E-state index contributed by atoms with van der Waals surface area (Å²) in [4.78, 5) is 24.1. The fraction of sp³-hybridized carbons (Fsp3) is 0.333. The fourth-order valence-electron chi connectivity index (χ4n) is 2.77. The normalized spacial score (nSPS) is 15.6. The van der Waals surface area contributed by atoms with E-state index in [1.54, 1.807) is 30.3 Å². The van der Waals surface area contributed by atoms with E-state index in [9.17, 15) is 9.59 Å². The number of aryl methyl sites for hydroxylation is 1. The van der Waals surface area contributed by atoms with Crippen molar-refractivity contribution in [1.29, 1.82) is 0 Å². The second kappa shape index (κ2) is 10.3. The maximum atomic E-state index is 12.2. The Hall–Kier alpha value is -2.58. The van der Waals surface area contributed by atoms with E-state index in [0.717, 1.165) is 29.5 Å². The Kier molecular flexibility index (Phi) is 7.48. The SMILES string of the molecule is Cc1ccc(OCC(=O)NNC(=O)c2ccc(OCC3CCCO3)cc2)c(Br)c1. The summed E-state index contributed by atoms with van der Waals surface area (Å²) >= 11 is 3.38. The first-order valence-corrected chi connectivity index (χ1v) is 10.1. The predicted octanol–water partition coefficient (Wildman–Crippen LogP) is 3.16. The number of amides is 2. The maximum Gasteiger partial charge on any atom is 0.276 e. The Labute approximate surface area is 177 Å². The van der Waals surface area contributed by atoms with Gasteiger partial charge < -0.3 is 14.2 Å². The lowest BCUT2D eigenvalue weighted by Gasteiger charge is -2.12. The average molecular weight is 463 g/mol. The molecule has 1 atom stereocenters. The van der Waals surface area contributed by atoms with Crippen LogP contribution in [0.3, 0.4) is 0 Å². The first kappa shape index (κ1) is 21.1. The van der Waals surface area contributed by atoms with Gasteiger partial charge in [0.25, 0.3) is 11.8 Å². The van der Waals surface area contributed by atoms with Gasteiger partial charge in [-0.15, -0.1) is 0 Å². The monoisotopic (exact) mass is 462 g/mol. The zero-order valence-electron chi connectivity index (χ0n) is 16.1. The Morgan fingerprint density at radius 1 is 1.14 bits per heavy atom. The Morgan fingerprint density at radius 3 is 2.62 bits per heavy atom. The molecule has 0 spiro atoms. The average Bonchev–Trinajstić information content (AvgIpc) is 3.24. The summed E-state index contributed by atoms with van der Waals surface area (Å²) in [6.45, 7) is 3.02. The number of ether oxygens (including phenoxy) is 3. The maximum absolute atomic E-state index is 12.2. The molecule has 2 aromatic carbocycles. The van der Waals surface area contributed by atoms with Crippen LogP contribution < -0.4 is 20.3 Å². The molecule has 8 heteroatoms. The van der Waals surface area contributed by atoms with Gasteiger partial charge in [-0.1, -0.05) is 6.07 Å². The summed E-state index contributed by atoms with van der Waals surface area (Å²) in [5.41, 5.74) is 6.17. The standard InChI is InChI=1S/C21H23BrN2O5/c1-14-4-9-19(18(22)11-14)29-13-20(25)23-24-21(26)15-5-7-16(8-6-15)28-12-17-3-2-10-27-17/h4-9,11,17H,2-3,10,12-13H2,1H3,(H,23,25)(H,24,26). The molecule has 2 aromatic rings. The van der Waals surface area contributed by atoms with Gasteiger partial charge in [-0.05, 0) is 77.7 Å². The van der Waals surface area contributed by atoms with E-state index in [2.05, 4.69) is 26.8 Å². The molecule has 1 saturated heterocycles. The molecule has 2 N–H and O–H groups in total. The van der Waals surface area contributed by atoms with Crippen molar-refractivity contribution < 1.29 is 23.8 Å². The number of rotatable bonds is 7. The summed E-state index contributed by atoms with van der Waals surface area (Å²) in [6, 6.07) is 12.2. The predicted molar refractivity (Wildman–Crippen MR) is 111 cm³/mol. The van der Waals surface area contributed by atoms with E-state index < -0.39 is 11.8 Å². The van der Waals surface area contributed by atoms with Gasteiger partial charge in [0.1, 0.15) is 18.1 Å². The number of hydrogen-bond acceptors (Lipinski definition) is 5. The molecule has 1 unspecified atom stereocenters. The van der Waals surface area contributed by atoms with Crippen molar-refractivity contribution >= 4 is 27.7 Å². The van der Waals surface area contributed by atoms with E-state index in [1.165, 1.54) is 0 Å². The van der Waals surface area contributed by atoms with E-state index in [0.29, 0.717) is 23.7 Å². The highest BCUT2D eigenvalue weighted by atomic mass is 79.9. The van der Waals surface area contributed by atoms with E-state index in [4.69, 9.17) is 14.2 Å². The summed E-state index contributed by atoms with van der Waals surface area (Å²) < 4.78 is 17.4. The van der Waals surface area contributed by atoms with E-state index in [1.807, 2.05) is 19.1 Å². The molecule has 7 nitrogen and oxygen atoms in total. The molecule has 1 aliphatic heterocycles. The largest absolute Gasteiger partial charge is 0.491 e. The fourth-order valence-corrected chi connectivity index (χ4v) is 3.38. The molecule has 0 aliphatic carbocycles. The molecular weight excluding hydrogens is 440 g/mol. The summed E-state index contributed by atoms with van der Waals surface area (Å²) in [6.07, 6.45) is 2.20.